The predicted octanol–water partition coefficient (Wildman–Crippen LogP) is 2.76. The Hall–Kier alpha value is -0.480. The molecule has 0 aliphatic rings. The highest BCUT2D eigenvalue weighted by molar-refractivity contribution is 6.68. The zero-order chi connectivity index (χ0) is 12.2. The van der Waals surface area contributed by atoms with Crippen molar-refractivity contribution in [2.75, 3.05) is 7.11 Å². The van der Waals surface area contributed by atoms with Gasteiger partial charge in [0.15, 0.2) is 6.23 Å². The van der Waals surface area contributed by atoms with Gasteiger partial charge in [-0.05, 0) is 12.1 Å². The molecule has 1 aromatic rings. The van der Waals surface area contributed by atoms with Gasteiger partial charge in [0, 0.05) is 12.7 Å². The number of hydrogen-bond acceptors (Lipinski definition) is 2. The van der Waals surface area contributed by atoms with E-state index in [0.717, 1.165) is 0 Å². The standard InChI is InChI=1S/C10H10Cl3NO2/c1-16-9(10(11,12)13)14-8(15)7-5-3-2-4-6-7/h2-6,9H,1H3,(H,14,15). The lowest BCUT2D eigenvalue weighted by Gasteiger charge is -2.23. The molecule has 1 unspecified atom stereocenters. The third-order valence-electron chi connectivity index (χ3n) is 1.83. The lowest BCUT2D eigenvalue weighted by molar-refractivity contribution is 0.0596. The van der Waals surface area contributed by atoms with Gasteiger partial charge in [0.25, 0.3) is 5.91 Å². The molecule has 6 heteroatoms. The molecule has 0 fully saturated rings. The Balaban J connectivity index is 2.71. The molecule has 16 heavy (non-hydrogen) atoms. The van der Waals surface area contributed by atoms with Crippen molar-refractivity contribution >= 4 is 40.7 Å². The topological polar surface area (TPSA) is 38.3 Å². The van der Waals surface area contributed by atoms with Crippen LogP contribution in [0.4, 0.5) is 0 Å². The van der Waals surface area contributed by atoms with Crippen LogP contribution in [0.25, 0.3) is 0 Å². The quantitative estimate of drug-likeness (QED) is 0.684. The summed E-state index contributed by atoms with van der Waals surface area (Å²) in [6, 6.07) is 8.60. The van der Waals surface area contributed by atoms with E-state index in [1.807, 2.05) is 0 Å². The Morgan fingerprint density at radius 3 is 2.31 bits per heavy atom. The van der Waals surface area contributed by atoms with E-state index in [9.17, 15) is 4.79 Å². The molecule has 0 aliphatic heterocycles. The van der Waals surface area contributed by atoms with Gasteiger partial charge in [0.2, 0.25) is 3.79 Å². The van der Waals surface area contributed by atoms with Crippen LogP contribution in [0.1, 0.15) is 10.4 Å². The summed E-state index contributed by atoms with van der Waals surface area (Å²) >= 11 is 16.9. The number of benzene rings is 1. The van der Waals surface area contributed by atoms with E-state index in [4.69, 9.17) is 39.5 Å². The van der Waals surface area contributed by atoms with E-state index in [1.165, 1.54) is 7.11 Å². The summed E-state index contributed by atoms with van der Waals surface area (Å²) in [5, 5.41) is 2.47. The van der Waals surface area contributed by atoms with Gasteiger partial charge in [-0.25, -0.2) is 0 Å². The Kier molecular flexibility index (Phi) is 4.87. The fourth-order valence-corrected chi connectivity index (χ4v) is 1.50. The summed E-state index contributed by atoms with van der Waals surface area (Å²) < 4.78 is 3.17. The van der Waals surface area contributed by atoms with E-state index in [1.54, 1.807) is 30.3 Å². The number of methoxy groups -OCH3 is 1. The number of rotatable bonds is 3. The van der Waals surface area contributed by atoms with Gasteiger partial charge in [0.05, 0.1) is 0 Å². The fourth-order valence-electron chi connectivity index (χ4n) is 1.07. The van der Waals surface area contributed by atoms with Crippen LogP contribution in [0.5, 0.6) is 0 Å². The maximum Gasteiger partial charge on any atom is 0.253 e. The van der Waals surface area contributed by atoms with Crippen LogP contribution in [-0.2, 0) is 4.74 Å². The average Bonchev–Trinajstić information content (AvgIpc) is 2.25. The first-order valence-electron chi connectivity index (χ1n) is 4.40. The van der Waals surface area contributed by atoms with E-state index < -0.39 is 10.0 Å². The highest BCUT2D eigenvalue weighted by Gasteiger charge is 2.34. The summed E-state index contributed by atoms with van der Waals surface area (Å²) in [6.07, 6.45) is -0.995. The monoisotopic (exact) mass is 281 g/mol. The fraction of sp³-hybridized carbons (Fsp3) is 0.300. The van der Waals surface area contributed by atoms with Crippen LogP contribution in [0.2, 0.25) is 0 Å². The van der Waals surface area contributed by atoms with E-state index in [-0.39, 0.29) is 5.91 Å². The molecule has 1 aromatic carbocycles. The molecule has 0 heterocycles. The van der Waals surface area contributed by atoms with Gasteiger partial charge < -0.3 is 10.1 Å². The molecule has 1 atom stereocenters. The van der Waals surface area contributed by atoms with Gasteiger partial charge in [-0.3, -0.25) is 4.79 Å². The van der Waals surface area contributed by atoms with Crippen LogP contribution < -0.4 is 5.32 Å². The van der Waals surface area contributed by atoms with Crippen LogP contribution in [0.15, 0.2) is 30.3 Å². The minimum absolute atomic E-state index is 0.362. The van der Waals surface area contributed by atoms with Crippen molar-refractivity contribution in [3.63, 3.8) is 0 Å². The van der Waals surface area contributed by atoms with Crippen LogP contribution in [-0.4, -0.2) is 23.0 Å². The second-order valence-corrected chi connectivity index (χ2v) is 5.37. The Morgan fingerprint density at radius 1 is 1.31 bits per heavy atom. The number of carbonyl (C=O) groups is 1. The number of nitrogens with one attached hydrogen (secondary N) is 1. The van der Waals surface area contributed by atoms with E-state index in [0.29, 0.717) is 5.56 Å². The lowest BCUT2D eigenvalue weighted by Crippen LogP contribution is -2.45. The van der Waals surface area contributed by atoms with Gasteiger partial charge in [-0.1, -0.05) is 53.0 Å². The smallest absolute Gasteiger partial charge is 0.253 e. The van der Waals surface area contributed by atoms with Gasteiger partial charge >= 0.3 is 0 Å². The molecule has 0 saturated heterocycles. The summed E-state index contributed by atoms with van der Waals surface area (Å²) in [5.74, 6) is -0.362. The first kappa shape index (κ1) is 13.6. The highest BCUT2D eigenvalue weighted by atomic mass is 35.6. The van der Waals surface area contributed by atoms with Gasteiger partial charge in [-0.15, -0.1) is 0 Å². The van der Waals surface area contributed by atoms with Crippen LogP contribution in [0.3, 0.4) is 0 Å². The van der Waals surface area contributed by atoms with Crippen molar-refractivity contribution in [1.29, 1.82) is 0 Å². The molecular formula is C10H10Cl3NO2. The molecule has 1 N–H and O–H groups in total. The predicted molar refractivity (Wildman–Crippen MR) is 65.0 cm³/mol. The summed E-state index contributed by atoms with van der Waals surface area (Å²) in [6.45, 7) is 0. The Bertz CT molecular complexity index is 351. The van der Waals surface area contributed by atoms with Gasteiger partial charge in [-0.2, -0.15) is 0 Å². The first-order valence-corrected chi connectivity index (χ1v) is 5.54. The third kappa shape index (κ3) is 3.83. The molecule has 0 aromatic heterocycles. The molecule has 0 saturated carbocycles. The number of hydrogen-bond donors (Lipinski definition) is 1. The number of carbonyl (C=O) groups excluding carboxylic acids is 1. The van der Waals surface area contributed by atoms with Gasteiger partial charge in [0.1, 0.15) is 0 Å². The molecule has 3 nitrogen and oxygen atoms in total. The molecule has 0 bridgehead atoms. The SMILES string of the molecule is COC(NC(=O)c1ccccc1)C(Cl)(Cl)Cl. The minimum atomic E-state index is -1.71. The van der Waals surface area contributed by atoms with Crippen molar-refractivity contribution in [1.82, 2.24) is 5.32 Å². The average molecular weight is 283 g/mol. The summed E-state index contributed by atoms with van der Waals surface area (Å²) in [7, 11) is 1.35. The number of halogens is 3. The van der Waals surface area contributed by atoms with Crippen LogP contribution in [0, 0.1) is 0 Å². The van der Waals surface area contributed by atoms with Crippen LogP contribution >= 0.6 is 34.8 Å². The van der Waals surface area contributed by atoms with Crippen molar-refractivity contribution in [3.8, 4) is 0 Å². The third-order valence-corrected chi connectivity index (χ3v) is 2.43. The Labute approximate surface area is 109 Å². The zero-order valence-electron chi connectivity index (χ0n) is 8.41. The van der Waals surface area contributed by atoms with E-state index in [2.05, 4.69) is 5.32 Å². The molecule has 0 spiro atoms. The lowest BCUT2D eigenvalue weighted by atomic mass is 10.2. The number of alkyl halides is 3. The zero-order valence-corrected chi connectivity index (χ0v) is 10.7. The maximum atomic E-state index is 11.7. The van der Waals surface area contributed by atoms with Crippen molar-refractivity contribution in [2.24, 2.45) is 0 Å². The maximum absolute atomic E-state index is 11.7. The van der Waals surface area contributed by atoms with Crippen molar-refractivity contribution in [3.05, 3.63) is 35.9 Å². The molecule has 88 valence electrons. The Morgan fingerprint density at radius 2 is 1.88 bits per heavy atom. The normalized spacial score (nSPS) is 13.2. The minimum Gasteiger partial charge on any atom is -0.357 e. The molecule has 0 radical (unpaired) electrons. The summed E-state index contributed by atoms with van der Waals surface area (Å²) in [5.41, 5.74) is 0.471. The highest BCUT2D eigenvalue weighted by Crippen LogP contribution is 2.30. The molecule has 1 amide bonds. The summed E-state index contributed by atoms with van der Waals surface area (Å²) in [4.78, 5) is 11.7. The van der Waals surface area contributed by atoms with E-state index >= 15 is 0 Å². The van der Waals surface area contributed by atoms with Crippen molar-refractivity contribution < 1.29 is 9.53 Å². The molecular weight excluding hydrogens is 272 g/mol. The molecule has 0 aliphatic carbocycles. The first-order chi connectivity index (χ1) is 7.45. The second-order valence-electron chi connectivity index (χ2n) is 3.00. The second kappa shape index (κ2) is 5.73. The largest absolute Gasteiger partial charge is 0.357 e. The number of amides is 1. The number of ether oxygens (including phenoxy) is 1. The van der Waals surface area contributed by atoms with Crippen molar-refractivity contribution in [2.45, 2.75) is 10.0 Å². The molecule has 1 rings (SSSR count).